The van der Waals surface area contributed by atoms with Crippen molar-refractivity contribution in [3.05, 3.63) is 29.8 Å². The summed E-state index contributed by atoms with van der Waals surface area (Å²) < 4.78 is 4.60. The first-order chi connectivity index (χ1) is 9.60. The lowest BCUT2D eigenvalue weighted by Crippen LogP contribution is -2.33. The average Bonchev–Trinajstić information content (AvgIpc) is 2.85. The van der Waals surface area contributed by atoms with E-state index in [1.165, 1.54) is 7.11 Å². The van der Waals surface area contributed by atoms with Gasteiger partial charge in [-0.05, 0) is 37.0 Å². The van der Waals surface area contributed by atoms with E-state index in [0.29, 0.717) is 18.6 Å². The number of hydrogen-bond acceptors (Lipinski definition) is 5. The predicted octanol–water partition coefficient (Wildman–Crippen LogP) is 1.94. The molecule has 0 radical (unpaired) electrons. The summed E-state index contributed by atoms with van der Waals surface area (Å²) in [7, 11) is 1.33. The number of thioether (sulfide) groups is 1. The van der Waals surface area contributed by atoms with Crippen molar-refractivity contribution < 1.29 is 14.3 Å². The first kappa shape index (κ1) is 15.1. The minimum absolute atomic E-state index is 0.109. The topological polar surface area (TPSA) is 69.4 Å². The molecule has 0 bridgehead atoms. The molecule has 2 atom stereocenters. The summed E-state index contributed by atoms with van der Waals surface area (Å²) in [6, 6.07) is 7.23. The number of ketones is 1. The Kier molecular flexibility index (Phi) is 5.20. The van der Waals surface area contributed by atoms with Crippen LogP contribution < -0.4 is 5.73 Å². The normalized spacial score (nSPS) is 19.9. The van der Waals surface area contributed by atoms with Crippen molar-refractivity contribution in [3.8, 4) is 0 Å². The van der Waals surface area contributed by atoms with E-state index in [1.807, 2.05) is 24.3 Å². The molecule has 1 aromatic rings. The van der Waals surface area contributed by atoms with Gasteiger partial charge < -0.3 is 10.5 Å². The van der Waals surface area contributed by atoms with Gasteiger partial charge in [-0.3, -0.25) is 9.59 Å². The summed E-state index contributed by atoms with van der Waals surface area (Å²) >= 11 is 1.63. The molecular formula is C15H19NO3S. The van der Waals surface area contributed by atoms with E-state index in [0.717, 1.165) is 23.3 Å². The van der Waals surface area contributed by atoms with Crippen LogP contribution in [0.2, 0.25) is 0 Å². The first-order valence-corrected chi connectivity index (χ1v) is 7.60. The van der Waals surface area contributed by atoms with Crippen LogP contribution in [0, 0.1) is 0 Å². The molecule has 4 nitrogen and oxygen atoms in total. The lowest BCUT2D eigenvalue weighted by atomic mass is 10.1. The van der Waals surface area contributed by atoms with Gasteiger partial charge in [0, 0.05) is 11.3 Å². The summed E-state index contributed by atoms with van der Waals surface area (Å²) in [4.78, 5) is 24.0. The molecule has 1 saturated carbocycles. The second-order valence-corrected chi connectivity index (χ2v) is 6.22. The van der Waals surface area contributed by atoms with Crippen molar-refractivity contribution in [2.75, 3.05) is 7.11 Å². The van der Waals surface area contributed by atoms with Crippen molar-refractivity contribution in [1.29, 1.82) is 0 Å². The number of Topliss-reactive ketones (excluding diaryl/α,β-unsaturated/α-hetero) is 1. The van der Waals surface area contributed by atoms with Crippen molar-refractivity contribution in [3.63, 3.8) is 0 Å². The number of rotatable bonds is 5. The average molecular weight is 293 g/mol. The molecule has 2 unspecified atom stereocenters. The summed E-state index contributed by atoms with van der Waals surface area (Å²) in [5.74, 6) is -0.0493. The van der Waals surface area contributed by atoms with Crippen molar-refractivity contribution >= 4 is 23.5 Å². The zero-order chi connectivity index (χ0) is 14.5. The Morgan fingerprint density at radius 1 is 1.45 bits per heavy atom. The summed E-state index contributed by atoms with van der Waals surface area (Å²) in [6.45, 7) is 0. The Morgan fingerprint density at radius 3 is 2.70 bits per heavy atom. The van der Waals surface area contributed by atoms with Crippen LogP contribution in [-0.4, -0.2) is 30.2 Å². The number of esters is 1. The Balaban J connectivity index is 1.92. The first-order valence-electron chi connectivity index (χ1n) is 6.72. The number of carbonyl (C=O) groups is 2. The Morgan fingerprint density at radius 2 is 2.15 bits per heavy atom. The van der Waals surface area contributed by atoms with Crippen LogP contribution >= 0.6 is 11.8 Å². The fraction of sp³-hybridized carbons (Fsp3) is 0.467. The van der Waals surface area contributed by atoms with Gasteiger partial charge in [-0.2, -0.15) is 0 Å². The highest BCUT2D eigenvalue weighted by atomic mass is 32.2. The summed E-state index contributed by atoms with van der Waals surface area (Å²) in [6.07, 6.45) is 3.14. The Bertz CT molecular complexity index is 486. The fourth-order valence-corrected chi connectivity index (χ4v) is 3.42. The minimum Gasteiger partial charge on any atom is -0.468 e. The van der Waals surface area contributed by atoms with E-state index in [4.69, 9.17) is 5.73 Å². The van der Waals surface area contributed by atoms with Crippen molar-refractivity contribution in [1.82, 2.24) is 0 Å². The summed E-state index contributed by atoms with van der Waals surface area (Å²) in [5.41, 5.74) is 6.71. The monoisotopic (exact) mass is 293 g/mol. The molecular weight excluding hydrogens is 274 g/mol. The maximum atomic E-state index is 11.6. The maximum absolute atomic E-state index is 11.6. The zero-order valence-electron chi connectivity index (χ0n) is 11.5. The second kappa shape index (κ2) is 6.90. The van der Waals surface area contributed by atoms with Gasteiger partial charge in [0.2, 0.25) is 0 Å². The third-order valence-electron chi connectivity index (χ3n) is 3.41. The van der Waals surface area contributed by atoms with Gasteiger partial charge in [0.15, 0.2) is 0 Å². The van der Waals surface area contributed by atoms with Gasteiger partial charge in [-0.1, -0.05) is 12.1 Å². The number of methoxy groups -OCH3 is 1. The van der Waals surface area contributed by atoms with E-state index < -0.39 is 12.0 Å². The fourth-order valence-electron chi connectivity index (χ4n) is 2.27. The SMILES string of the molecule is COC(=O)C(N)Cc1ccc(SC2CCCC2=O)cc1. The molecule has 1 aliphatic carbocycles. The molecule has 2 rings (SSSR count). The predicted molar refractivity (Wildman–Crippen MR) is 78.6 cm³/mol. The van der Waals surface area contributed by atoms with E-state index in [-0.39, 0.29) is 5.25 Å². The molecule has 0 spiro atoms. The summed E-state index contributed by atoms with van der Waals surface area (Å²) in [5, 5.41) is 0.109. The van der Waals surface area contributed by atoms with E-state index in [1.54, 1.807) is 11.8 Å². The highest BCUT2D eigenvalue weighted by Gasteiger charge is 2.25. The molecule has 5 heteroatoms. The van der Waals surface area contributed by atoms with Crippen LogP contribution in [0.4, 0.5) is 0 Å². The third-order valence-corrected chi connectivity index (χ3v) is 4.74. The lowest BCUT2D eigenvalue weighted by molar-refractivity contribution is -0.142. The number of carbonyl (C=O) groups excluding carboxylic acids is 2. The molecule has 0 aliphatic heterocycles. The molecule has 1 aliphatic rings. The number of hydrogen-bond donors (Lipinski definition) is 1. The molecule has 1 fully saturated rings. The minimum atomic E-state index is -0.630. The van der Waals surface area contributed by atoms with Crippen LogP contribution in [0.1, 0.15) is 24.8 Å². The van der Waals surface area contributed by atoms with Gasteiger partial charge in [0.25, 0.3) is 0 Å². The molecule has 20 heavy (non-hydrogen) atoms. The smallest absolute Gasteiger partial charge is 0.322 e. The van der Waals surface area contributed by atoms with Crippen molar-refractivity contribution in [2.45, 2.75) is 41.9 Å². The molecule has 0 heterocycles. The van der Waals surface area contributed by atoms with Crippen LogP contribution in [0.15, 0.2) is 29.2 Å². The maximum Gasteiger partial charge on any atom is 0.322 e. The van der Waals surface area contributed by atoms with Crippen LogP contribution in [0.25, 0.3) is 0 Å². The Labute approximate surface area is 123 Å². The number of ether oxygens (including phenoxy) is 1. The number of benzene rings is 1. The standard InChI is InChI=1S/C15H19NO3S/c1-19-15(18)12(16)9-10-5-7-11(8-6-10)20-14-4-2-3-13(14)17/h5-8,12,14H,2-4,9,16H2,1H3. The van der Waals surface area contributed by atoms with Gasteiger partial charge >= 0.3 is 5.97 Å². The molecule has 108 valence electrons. The molecule has 1 aromatic carbocycles. The van der Waals surface area contributed by atoms with Crippen LogP contribution in [0.3, 0.4) is 0 Å². The highest BCUT2D eigenvalue weighted by Crippen LogP contribution is 2.32. The van der Waals surface area contributed by atoms with Gasteiger partial charge in [-0.15, -0.1) is 11.8 Å². The largest absolute Gasteiger partial charge is 0.468 e. The molecule has 0 aromatic heterocycles. The van der Waals surface area contributed by atoms with Gasteiger partial charge in [0.05, 0.1) is 12.4 Å². The molecule has 0 amide bonds. The Hall–Kier alpha value is -1.33. The van der Waals surface area contributed by atoms with E-state index in [2.05, 4.69) is 4.74 Å². The highest BCUT2D eigenvalue weighted by molar-refractivity contribution is 8.00. The lowest BCUT2D eigenvalue weighted by Gasteiger charge is -2.11. The zero-order valence-corrected chi connectivity index (χ0v) is 12.3. The molecule has 0 saturated heterocycles. The van der Waals surface area contributed by atoms with Crippen LogP contribution in [-0.2, 0) is 20.7 Å². The van der Waals surface area contributed by atoms with E-state index in [9.17, 15) is 9.59 Å². The quantitative estimate of drug-likeness (QED) is 0.840. The van der Waals surface area contributed by atoms with Gasteiger partial charge in [0.1, 0.15) is 11.8 Å². The second-order valence-electron chi connectivity index (χ2n) is 4.94. The third kappa shape index (κ3) is 3.84. The van der Waals surface area contributed by atoms with Gasteiger partial charge in [-0.25, -0.2) is 0 Å². The molecule has 2 N–H and O–H groups in total. The number of nitrogens with two attached hydrogens (primary N) is 1. The van der Waals surface area contributed by atoms with Crippen LogP contribution in [0.5, 0.6) is 0 Å². The van der Waals surface area contributed by atoms with E-state index >= 15 is 0 Å². The van der Waals surface area contributed by atoms with Crippen molar-refractivity contribution in [2.24, 2.45) is 5.73 Å².